The highest BCUT2D eigenvalue weighted by atomic mass is 16.5. The summed E-state index contributed by atoms with van der Waals surface area (Å²) in [5.74, 6) is 0.656. The second-order valence-electron chi connectivity index (χ2n) is 7.54. The first-order valence-corrected chi connectivity index (χ1v) is 10.0. The number of nitrogens with one attached hydrogen (secondary N) is 1. The van der Waals surface area contributed by atoms with Crippen LogP contribution >= 0.6 is 0 Å². The summed E-state index contributed by atoms with van der Waals surface area (Å²) in [6.45, 7) is 10.2. The maximum Gasteiger partial charge on any atom is 0.265 e. The predicted octanol–water partition coefficient (Wildman–Crippen LogP) is 3.85. The summed E-state index contributed by atoms with van der Waals surface area (Å²) in [5.41, 5.74) is 4.23. The van der Waals surface area contributed by atoms with Crippen LogP contribution in [0.25, 0.3) is 0 Å². The molecule has 0 aromatic heterocycles. The smallest absolute Gasteiger partial charge is 0.265 e. The van der Waals surface area contributed by atoms with Gasteiger partial charge in [0.05, 0.1) is 0 Å². The van der Waals surface area contributed by atoms with E-state index in [1.807, 2.05) is 51.1 Å². The highest BCUT2D eigenvalue weighted by Crippen LogP contribution is 2.23. The lowest BCUT2D eigenvalue weighted by Crippen LogP contribution is -2.44. The summed E-state index contributed by atoms with van der Waals surface area (Å²) < 4.78 is 6.01. The lowest BCUT2D eigenvalue weighted by molar-refractivity contribution is -0.122. The van der Waals surface area contributed by atoms with Gasteiger partial charge in [0.15, 0.2) is 6.10 Å². The quantitative estimate of drug-likeness (QED) is 0.825. The highest BCUT2D eigenvalue weighted by Gasteiger charge is 2.20. The molecule has 0 spiro atoms. The highest BCUT2D eigenvalue weighted by molar-refractivity contribution is 5.94. The number of aryl methyl sites for hydroxylation is 1. The van der Waals surface area contributed by atoms with E-state index in [1.54, 1.807) is 0 Å². The molecule has 0 radical (unpaired) electrons. The third-order valence-electron chi connectivity index (χ3n) is 5.49. The van der Waals surface area contributed by atoms with E-state index in [0.717, 1.165) is 48.7 Å². The van der Waals surface area contributed by atoms with Gasteiger partial charge < -0.3 is 19.9 Å². The first kappa shape index (κ1) is 20.2. The Hall–Kier alpha value is -2.53. The van der Waals surface area contributed by atoms with E-state index in [1.165, 1.54) is 5.69 Å². The van der Waals surface area contributed by atoms with Crippen molar-refractivity contribution in [1.29, 1.82) is 0 Å². The topological polar surface area (TPSA) is 44.8 Å². The van der Waals surface area contributed by atoms with Crippen LogP contribution in [-0.4, -0.2) is 50.1 Å². The lowest BCUT2D eigenvalue weighted by atomic mass is 10.1. The van der Waals surface area contributed by atoms with Crippen molar-refractivity contribution in [3.8, 4) is 5.75 Å². The van der Waals surface area contributed by atoms with Gasteiger partial charge >= 0.3 is 0 Å². The summed E-state index contributed by atoms with van der Waals surface area (Å²) in [6, 6.07) is 14.0. The molecule has 1 N–H and O–H groups in total. The van der Waals surface area contributed by atoms with Crippen LogP contribution in [0, 0.1) is 13.8 Å². The molecule has 5 heteroatoms. The summed E-state index contributed by atoms with van der Waals surface area (Å²) in [5, 5.41) is 2.99. The molecule has 150 valence electrons. The van der Waals surface area contributed by atoms with Gasteiger partial charge in [-0.1, -0.05) is 19.1 Å². The predicted molar refractivity (Wildman–Crippen MR) is 115 cm³/mol. The molecule has 5 nitrogen and oxygen atoms in total. The minimum Gasteiger partial charge on any atom is -0.480 e. The Labute approximate surface area is 168 Å². The van der Waals surface area contributed by atoms with Crippen LogP contribution in [-0.2, 0) is 4.79 Å². The van der Waals surface area contributed by atoms with Gasteiger partial charge in [0.2, 0.25) is 0 Å². The first-order valence-electron chi connectivity index (χ1n) is 10.0. The van der Waals surface area contributed by atoms with Crippen LogP contribution < -0.4 is 15.0 Å². The molecular formula is C23H31N3O2. The van der Waals surface area contributed by atoms with E-state index in [-0.39, 0.29) is 5.91 Å². The van der Waals surface area contributed by atoms with Crippen molar-refractivity contribution in [1.82, 2.24) is 4.90 Å². The van der Waals surface area contributed by atoms with Crippen LogP contribution in [0.3, 0.4) is 0 Å². The number of hydrogen-bond acceptors (Lipinski definition) is 4. The van der Waals surface area contributed by atoms with Gasteiger partial charge in [-0.25, -0.2) is 0 Å². The number of carbonyl (C=O) groups is 1. The van der Waals surface area contributed by atoms with Gasteiger partial charge in [-0.2, -0.15) is 0 Å². The van der Waals surface area contributed by atoms with Crippen LogP contribution in [0.5, 0.6) is 5.75 Å². The normalized spacial score (nSPS) is 15.9. The molecule has 1 amide bonds. The number of piperazine rings is 1. The number of ether oxygens (including phenoxy) is 1. The van der Waals surface area contributed by atoms with E-state index in [9.17, 15) is 4.79 Å². The molecule has 1 aliphatic rings. The number of rotatable bonds is 6. The molecule has 2 aromatic rings. The van der Waals surface area contributed by atoms with Crippen molar-refractivity contribution in [2.45, 2.75) is 33.3 Å². The average molecular weight is 382 g/mol. The second kappa shape index (κ2) is 9.11. The van der Waals surface area contributed by atoms with Crippen molar-refractivity contribution in [3.63, 3.8) is 0 Å². The zero-order valence-corrected chi connectivity index (χ0v) is 17.4. The minimum absolute atomic E-state index is 0.115. The molecule has 1 unspecified atom stereocenters. The molecule has 0 aliphatic carbocycles. The fourth-order valence-electron chi connectivity index (χ4n) is 3.37. The number of anilines is 2. The number of benzene rings is 2. The second-order valence-corrected chi connectivity index (χ2v) is 7.54. The number of likely N-dealkylation sites (N-methyl/N-ethyl adjacent to an activating group) is 1. The van der Waals surface area contributed by atoms with Crippen molar-refractivity contribution in [2.75, 3.05) is 43.4 Å². The van der Waals surface area contributed by atoms with Gasteiger partial charge in [0.25, 0.3) is 5.91 Å². The summed E-state index contributed by atoms with van der Waals surface area (Å²) in [6.07, 6.45) is 0.0938. The molecule has 0 saturated carbocycles. The van der Waals surface area contributed by atoms with Gasteiger partial charge in [-0.15, -0.1) is 0 Å². The van der Waals surface area contributed by atoms with E-state index in [4.69, 9.17) is 4.74 Å². The number of nitrogens with zero attached hydrogens (tertiary/aromatic N) is 2. The van der Waals surface area contributed by atoms with Crippen molar-refractivity contribution in [2.24, 2.45) is 0 Å². The number of carbonyl (C=O) groups excluding carboxylic acids is 1. The van der Waals surface area contributed by atoms with Gasteiger partial charge in [0.1, 0.15) is 5.75 Å². The molecule has 1 heterocycles. The Bertz CT molecular complexity index is 796. The fourth-order valence-corrected chi connectivity index (χ4v) is 3.37. The largest absolute Gasteiger partial charge is 0.480 e. The Morgan fingerprint density at radius 2 is 1.75 bits per heavy atom. The Morgan fingerprint density at radius 3 is 2.39 bits per heavy atom. The molecule has 28 heavy (non-hydrogen) atoms. The molecular weight excluding hydrogens is 350 g/mol. The molecule has 1 aliphatic heterocycles. The SMILES string of the molecule is CCC(Oc1cccc(C)c1C)C(=O)Nc1ccc(N2CCN(C)CC2)cc1. The Balaban J connectivity index is 1.61. The monoisotopic (exact) mass is 381 g/mol. The van der Waals surface area contributed by atoms with Gasteiger partial charge in [-0.3, -0.25) is 4.79 Å². The average Bonchev–Trinajstić information content (AvgIpc) is 2.70. The van der Waals surface area contributed by atoms with E-state index < -0.39 is 6.10 Å². The van der Waals surface area contributed by atoms with Crippen molar-refractivity contribution >= 4 is 17.3 Å². The zero-order chi connectivity index (χ0) is 20.1. The summed E-state index contributed by atoms with van der Waals surface area (Å²) in [4.78, 5) is 17.4. The van der Waals surface area contributed by atoms with E-state index in [2.05, 4.69) is 34.3 Å². The van der Waals surface area contributed by atoms with Gasteiger partial charge in [-0.05, 0) is 68.8 Å². The molecule has 1 fully saturated rings. The standard InChI is InChI=1S/C23H31N3O2/c1-5-21(28-22-8-6-7-17(2)18(22)3)23(27)24-19-9-11-20(12-10-19)26-15-13-25(4)14-16-26/h6-12,21H,5,13-16H2,1-4H3,(H,24,27). The third kappa shape index (κ3) is 4.84. The fraction of sp³-hybridized carbons (Fsp3) is 0.435. The maximum atomic E-state index is 12.7. The Morgan fingerprint density at radius 1 is 1.07 bits per heavy atom. The van der Waals surface area contributed by atoms with Crippen molar-refractivity contribution in [3.05, 3.63) is 53.6 Å². The van der Waals surface area contributed by atoms with Crippen LogP contribution in [0.15, 0.2) is 42.5 Å². The first-order chi connectivity index (χ1) is 13.5. The molecule has 0 bridgehead atoms. The molecule has 2 aromatic carbocycles. The number of hydrogen-bond donors (Lipinski definition) is 1. The third-order valence-corrected chi connectivity index (χ3v) is 5.49. The van der Waals surface area contributed by atoms with Gasteiger partial charge in [0, 0.05) is 37.6 Å². The van der Waals surface area contributed by atoms with E-state index in [0.29, 0.717) is 6.42 Å². The lowest BCUT2D eigenvalue weighted by Gasteiger charge is -2.34. The van der Waals surface area contributed by atoms with Crippen molar-refractivity contribution < 1.29 is 9.53 Å². The van der Waals surface area contributed by atoms with Crippen LogP contribution in [0.2, 0.25) is 0 Å². The van der Waals surface area contributed by atoms with Crippen LogP contribution in [0.4, 0.5) is 11.4 Å². The minimum atomic E-state index is -0.516. The zero-order valence-electron chi connectivity index (χ0n) is 17.4. The molecule has 1 atom stereocenters. The number of amides is 1. The Kier molecular flexibility index (Phi) is 6.57. The molecule has 1 saturated heterocycles. The molecule has 3 rings (SSSR count). The van der Waals surface area contributed by atoms with Crippen LogP contribution in [0.1, 0.15) is 24.5 Å². The summed E-state index contributed by atoms with van der Waals surface area (Å²) >= 11 is 0. The summed E-state index contributed by atoms with van der Waals surface area (Å²) in [7, 11) is 2.15. The maximum absolute atomic E-state index is 12.7. The van der Waals surface area contributed by atoms with E-state index >= 15 is 0 Å².